The van der Waals surface area contributed by atoms with E-state index in [9.17, 15) is 9.59 Å². The van der Waals surface area contributed by atoms with Gasteiger partial charge in [-0.05, 0) is 32.5 Å². The summed E-state index contributed by atoms with van der Waals surface area (Å²) in [5.74, 6) is -0.392. The average Bonchev–Trinajstić information content (AvgIpc) is 2.53. The second-order valence-electron chi connectivity index (χ2n) is 5.48. The summed E-state index contributed by atoms with van der Waals surface area (Å²) in [5, 5.41) is 3.51. The van der Waals surface area contributed by atoms with E-state index in [4.69, 9.17) is 4.42 Å². The molecule has 118 valence electrons. The number of likely N-dealkylation sites (N-methyl/N-ethyl adjacent to an activating group) is 1. The summed E-state index contributed by atoms with van der Waals surface area (Å²) in [6, 6.07) is 9.18. The molecule has 0 aliphatic heterocycles. The molecule has 0 saturated heterocycles. The van der Waals surface area contributed by atoms with Crippen LogP contribution in [0.1, 0.15) is 30.6 Å². The molecule has 1 heterocycles. The van der Waals surface area contributed by atoms with E-state index < -0.39 is 11.5 Å². The molecule has 0 bridgehead atoms. The number of hydrogen-bond acceptors (Lipinski definition) is 4. The van der Waals surface area contributed by atoms with Crippen LogP contribution in [0.15, 0.2) is 39.5 Å². The van der Waals surface area contributed by atoms with Crippen molar-refractivity contribution in [2.24, 2.45) is 0 Å². The molecule has 0 spiro atoms. The Balaban J connectivity index is 2.04. The van der Waals surface area contributed by atoms with E-state index in [1.807, 2.05) is 19.2 Å². The second kappa shape index (κ2) is 7.22. The third-order valence-electron chi connectivity index (χ3n) is 3.98. The van der Waals surface area contributed by atoms with Crippen LogP contribution in [-0.4, -0.2) is 37.0 Å². The molecule has 1 atom stereocenters. The average molecular weight is 302 g/mol. The zero-order chi connectivity index (χ0) is 16.1. The standard InChI is InChI=1S/C17H22N2O3/c1-4-12(2)19(3)10-9-18-16(20)14-11-13-7-5-6-8-15(13)22-17(14)21/h5-8,11-12H,4,9-10H2,1-3H3,(H,18,20). The van der Waals surface area contributed by atoms with Gasteiger partial charge in [0.15, 0.2) is 0 Å². The SMILES string of the molecule is CCC(C)N(C)CCNC(=O)c1cc2ccccc2oc1=O. The maximum absolute atomic E-state index is 12.1. The van der Waals surface area contributed by atoms with Crippen LogP contribution in [0.25, 0.3) is 11.0 Å². The van der Waals surface area contributed by atoms with Crippen LogP contribution in [0.2, 0.25) is 0 Å². The van der Waals surface area contributed by atoms with Crippen molar-refractivity contribution in [2.45, 2.75) is 26.3 Å². The third-order valence-corrected chi connectivity index (χ3v) is 3.98. The Morgan fingerprint density at radius 1 is 1.36 bits per heavy atom. The van der Waals surface area contributed by atoms with Crippen molar-refractivity contribution in [1.29, 1.82) is 0 Å². The molecule has 0 aliphatic carbocycles. The lowest BCUT2D eigenvalue weighted by Gasteiger charge is -2.23. The number of nitrogens with one attached hydrogen (secondary N) is 1. The highest BCUT2D eigenvalue weighted by Crippen LogP contribution is 2.12. The Labute approximate surface area is 129 Å². The van der Waals surface area contributed by atoms with Crippen molar-refractivity contribution in [2.75, 3.05) is 20.1 Å². The van der Waals surface area contributed by atoms with Crippen molar-refractivity contribution < 1.29 is 9.21 Å². The van der Waals surface area contributed by atoms with E-state index >= 15 is 0 Å². The maximum atomic E-state index is 12.1. The van der Waals surface area contributed by atoms with Crippen LogP contribution in [0.3, 0.4) is 0 Å². The summed E-state index contributed by atoms with van der Waals surface area (Å²) in [7, 11) is 2.02. The molecule has 22 heavy (non-hydrogen) atoms. The topological polar surface area (TPSA) is 62.6 Å². The minimum absolute atomic E-state index is 0.0462. The molecule has 1 unspecified atom stereocenters. The number of fused-ring (bicyclic) bond motifs is 1. The first-order valence-corrected chi connectivity index (χ1v) is 7.54. The fourth-order valence-corrected chi connectivity index (χ4v) is 2.19. The van der Waals surface area contributed by atoms with Gasteiger partial charge in [-0.15, -0.1) is 0 Å². The highest BCUT2D eigenvalue weighted by molar-refractivity contribution is 5.96. The third kappa shape index (κ3) is 3.74. The molecule has 1 amide bonds. The number of nitrogens with zero attached hydrogens (tertiary/aromatic N) is 1. The Morgan fingerprint density at radius 2 is 2.09 bits per heavy atom. The minimum atomic E-state index is -0.605. The fourth-order valence-electron chi connectivity index (χ4n) is 2.19. The van der Waals surface area contributed by atoms with Crippen molar-refractivity contribution in [1.82, 2.24) is 10.2 Å². The van der Waals surface area contributed by atoms with Crippen molar-refractivity contribution >= 4 is 16.9 Å². The summed E-state index contributed by atoms with van der Waals surface area (Å²) in [6.45, 7) is 5.49. The van der Waals surface area contributed by atoms with Gasteiger partial charge in [-0.2, -0.15) is 0 Å². The van der Waals surface area contributed by atoms with Crippen LogP contribution >= 0.6 is 0 Å². The number of carbonyl (C=O) groups is 1. The Kier molecular flexibility index (Phi) is 5.33. The van der Waals surface area contributed by atoms with Gasteiger partial charge in [-0.25, -0.2) is 4.79 Å². The van der Waals surface area contributed by atoms with Crippen LogP contribution in [0.5, 0.6) is 0 Å². The molecule has 1 aromatic heterocycles. The summed E-state index contributed by atoms with van der Waals surface area (Å²) < 4.78 is 5.17. The van der Waals surface area contributed by atoms with Gasteiger partial charge in [0.1, 0.15) is 11.1 Å². The molecule has 0 aliphatic rings. The number of benzene rings is 1. The van der Waals surface area contributed by atoms with Crippen molar-refractivity contribution in [3.05, 3.63) is 46.3 Å². The molecular weight excluding hydrogens is 280 g/mol. The van der Waals surface area contributed by atoms with Crippen molar-refractivity contribution in [3.8, 4) is 0 Å². The predicted octanol–water partition coefficient (Wildman–Crippen LogP) is 2.25. The van der Waals surface area contributed by atoms with Gasteiger partial charge in [0, 0.05) is 24.5 Å². The molecular formula is C17H22N2O3. The van der Waals surface area contributed by atoms with Gasteiger partial charge in [0.2, 0.25) is 0 Å². The molecule has 2 rings (SSSR count). The van der Waals surface area contributed by atoms with Gasteiger partial charge in [-0.3, -0.25) is 4.79 Å². The molecule has 2 aromatic rings. The zero-order valence-electron chi connectivity index (χ0n) is 13.3. The molecule has 0 radical (unpaired) electrons. The van der Waals surface area contributed by atoms with Crippen LogP contribution in [-0.2, 0) is 0 Å². The first-order chi connectivity index (χ1) is 10.5. The van der Waals surface area contributed by atoms with E-state index in [2.05, 4.69) is 24.1 Å². The van der Waals surface area contributed by atoms with E-state index in [-0.39, 0.29) is 5.56 Å². The quantitative estimate of drug-likeness (QED) is 0.831. The Hall–Kier alpha value is -2.14. The predicted molar refractivity (Wildman–Crippen MR) is 87.2 cm³/mol. The monoisotopic (exact) mass is 302 g/mol. The molecule has 1 aromatic carbocycles. The van der Waals surface area contributed by atoms with E-state index in [0.717, 1.165) is 18.4 Å². The normalized spacial score (nSPS) is 12.5. The van der Waals surface area contributed by atoms with Gasteiger partial charge in [-0.1, -0.05) is 25.1 Å². The second-order valence-corrected chi connectivity index (χ2v) is 5.48. The highest BCUT2D eigenvalue weighted by atomic mass is 16.4. The van der Waals surface area contributed by atoms with Gasteiger partial charge in [0.25, 0.3) is 5.91 Å². The first kappa shape index (κ1) is 16.2. The lowest BCUT2D eigenvalue weighted by molar-refractivity contribution is 0.0944. The number of amides is 1. The number of para-hydroxylation sites is 1. The smallest absolute Gasteiger partial charge is 0.349 e. The van der Waals surface area contributed by atoms with Crippen LogP contribution in [0, 0.1) is 0 Å². The zero-order valence-corrected chi connectivity index (χ0v) is 13.3. The minimum Gasteiger partial charge on any atom is -0.422 e. The van der Waals surface area contributed by atoms with Crippen molar-refractivity contribution in [3.63, 3.8) is 0 Å². The summed E-state index contributed by atoms with van der Waals surface area (Å²) in [4.78, 5) is 26.2. The molecule has 0 saturated carbocycles. The van der Waals surface area contributed by atoms with E-state index in [1.165, 1.54) is 0 Å². The van der Waals surface area contributed by atoms with Gasteiger partial charge < -0.3 is 14.6 Å². The van der Waals surface area contributed by atoms with E-state index in [0.29, 0.717) is 18.2 Å². The molecule has 0 fully saturated rings. The highest BCUT2D eigenvalue weighted by Gasteiger charge is 2.14. The summed E-state index contributed by atoms with van der Waals surface area (Å²) >= 11 is 0. The first-order valence-electron chi connectivity index (χ1n) is 7.54. The molecule has 5 nitrogen and oxygen atoms in total. The van der Waals surface area contributed by atoms with E-state index in [1.54, 1.807) is 18.2 Å². The maximum Gasteiger partial charge on any atom is 0.349 e. The Bertz CT molecular complexity index is 708. The lowest BCUT2D eigenvalue weighted by atomic mass is 10.2. The Morgan fingerprint density at radius 3 is 2.82 bits per heavy atom. The van der Waals surface area contributed by atoms with Gasteiger partial charge in [0.05, 0.1) is 0 Å². The summed E-state index contributed by atoms with van der Waals surface area (Å²) in [5.41, 5.74) is -0.0723. The van der Waals surface area contributed by atoms with Crippen LogP contribution < -0.4 is 10.9 Å². The number of carbonyl (C=O) groups excluding carboxylic acids is 1. The lowest BCUT2D eigenvalue weighted by Crippen LogP contribution is -2.38. The summed E-state index contributed by atoms with van der Waals surface area (Å²) in [6.07, 6.45) is 1.05. The number of rotatable bonds is 6. The molecule has 5 heteroatoms. The number of hydrogen-bond donors (Lipinski definition) is 1. The largest absolute Gasteiger partial charge is 0.422 e. The van der Waals surface area contributed by atoms with Gasteiger partial charge >= 0.3 is 5.63 Å². The van der Waals surface area contributed by atoms with Crippen LogP contribution in [0.4, 0.5) is 0 Å². The fraction of sp³-hybridized carbons (Fsp3) is 0.412. The molecule has 1 N–H and O–H groups in total.